The van der Waals surface area contributed by atoms with Crippen LogP contribution in [0.3, 0.4) is 0 Å². The van der Waals surface area contributed by atoms with Crippen molar-refractivity contribution in [3.8, 4) is 0 Å². The van der Waals surface area contributed by atoms with E-state index in [-0.39, 0.29) is 5.84 Å². The number of nitrogens with one attached hydrogen (secondary N) is 1. The Hall–Kier alpha value is -0.960. The molecule has 1 saturated carbocycles. The van der Waals surface area contributed by atoms with Crippen LogP contribution in [0.2, 0.25) is 0 Å². The van der Waals surface area contributed by atoms with Crippen LogP contribution < -0.4 is 5.73 Å². The van der Waals surface area contributed by atoms with E-state index in [1.54, 1.807) is 0 Å². The number of aryl methyl sites for hydroxylation is 1. The maximum Gasteiger partial charge on any atom is 0.123 e. The van der Waals surface area contributed by atoms with E-state index in [1.165, 1.54) is 36.3 Å². The van der Waals surface area contributed by atoms with Crippen molar-refractivity contribution in [3.63, 3.8) is 0 Å². The van der Waals surface area contributed by atoms with Crippen molar-refractivity contribution < 1.29 is 0 Å². The van der Waals surface area contributed by atoms with Crippen LogP contribution in [0.4, 0.5) is 0 Å². The zero-order valence-electron chi connectivity index (χ0n) is 10.3. The average molecular weight is 248 g/mol. The third kappa shape index (κ3) is 3.25. The van der Waals surface area contributed by atoms with Crippen LogP contribution in [-0.4, -0.2) is 11.6 Å². The van der Waals surface area contributed by atoms with Gasteiger partial charge in [-0.15, -0.1) is 11.8 Å². The van der Waals surface area contributed by atoms with Gasteiger partial charge in [-0.1, -0.05) is 12.8 Å². The molecule has 0 radical (unpaired) electrons. The molecule has 2 nitrogen and oxygen atoms in total. The second-order valence-corrected chi connectivity index (χ2v) is 5.95. The highest BCUT2D eigenvalue weighted by Gasteiger charge is 2.15. The largest absolute Gasteiger partial charge is 0.384 e. The summed E-state index contributed by atoms with van der Waals surface area (Å²) in [6, 6.07) is 6.20. The fourth-order valence-electron chi connectivity index (χ4n) is 2.42. The quantitative estimate of drug-likeness (QED) is 0.486. The average Bonchev–Trinajstić information content (AvgIpc) is 2.78. The fourth-order valence-corrected chi connectivity index (χ4v) is 3.61. The first-order chi connectivity index (χ1) is 8.16. The van der Waals surface area contributed by atoms with Gasteiger partial charge >= 0.3 is 0 Å². The lowest BCUT2D eigenvalue weighted by Gasteiger charge is -2.10. The van der Waals surface area contributed by atoms with Crippen LogP contribution in [0.25, 0.3) is 0 Å². The summed E-state index contributed by atoms with van der Waals surface area (Å²) in [4.78, 5) is 1.31. The van der Waals surface area contributed by atoms with Crippen molar-refractivity contribution in [3.05, 3.63) is 29.3 Å². The minimum Gasteiger partial charge on any atom is -0.384 e. The number of amidine groups is 1. The molecule has 0 saturated heterocycles. The summed E-state index contributed by atoms with van der Waals surface area (Å²) in [6.45, 7) is 2.02. The predicted octanol–water partition coefficient (Wildman–Crippen LogP) is 3.56. The molecule has 1 aliphatic carbocycles. The molecular weight excluding hydrogens is 228 g/mol. The Morgan fingerprint density at radius 3 is 2.71 bits per heavy atom. The van der Waals surface area contributed by atoms with Crippen molar-refractivity contribution in [2.45, 2.75) is 37.5 Å². The van der Waals surface area contributed by atoms with E-state index in [4.69, 9.17) is 11.1 Å². The third-order valence-corrected chi connectivity index (χ3v) is 4.67. The molecule has 1 aromatic rings. The van der Waals surface area contributed by atoms with Crippen molar-refractivity contribution in [1.82, 2.24) is 0 Å². The van der Waals surface area contributed by atoms with E-state index >= 15 is 0 Å². The highest BCUT2D eigenvalue weighted by atomic mass is 32.2. The first kappa shape index (κ1) is 12.5. The summed E-state index contributed by atoms with van der Waals surface area (Å²) in [6.07, 6.45) is 5.62. The highest BCUT2D eigenvalue weighted by Crippen LogP contribution is 2.31. The van der Waals surface area contributed by atoms with Crippen LogP contribution in [0.5, 0.6) is 0 Å². The monoisotopic (exact) mass is 248 g/mol. The Morgan fingerprint density at radius 2 is 2.12 bits per heavy atom. The normalized spacial score (nSPS) is 16.3. The van der Waals surface area contributed by atoms with Crippen molar-refractivity contribution in [1.29, 1.82) is 5.41 Å². The Balaban J connectivity index is 1.97. The van der Waals surface area contributed by atoms with Gasteiger partial charge in [0.05, 0.1) is 0 Å². The van der Waals surface area contributed by atoms with Gasteiger partial charge in [0.2, 0.25) is 0 Å². The highest BCUT2D eigenvalue weighted by molar-refractivity contribution is 7.99. The van der Waals surface area contributed by atoms with Crippen LogP contribution in [0.1, 0.15) is 36.8 Å². The molecule has 0 heterocycles. The molecule has 17 heavy (non-hydrogen) atoms. The molecule has 1 fully saturated rings. The smallest absolute Gasteiger partial charge is 0.123 e. The van der Waals surface area contributed by atoms with Crippen molar-refractivity contribution in [2.75, 3.05) is 5.75 Å². The van der Waals surface area contributed by atoms with Gasteiger partial charge in [-0.25, -0.2) is 0 Å². The zero-order valence-corrected chi connectivity index (χ0v) is 11.1. The number of rotatable bonds is 4. The molecule has 3 N–H and O–H groups in total. The lowest BCUT2D eigenvalue weighted by molar-refractivity contribution is 0.623. The first-order valence-corrected chi connectivity index (χ1v) is 7.23. The maximum absolute atomic E-state index is 7.46. The molecule has 0 atom stereocenters. The molecule has 0 bridgehead atoms. The van der Waals surface area contributed by atoms with Crippen LogP contribution in [0.15, 0.2) is 23.1 Å². The second kappa shape index (κ2) is 5.58. The van der Waals surface area contributed by atoms with Crippen molar-refractivity contribution in [2.24, 2.45) is 11.7 Å². The first-order valence-electron chi connectivity index (χ1n) is 6.24. The van der Waals surface area contributed by atoms with Crippen molar-refractivity contribution >= 4 is 17.6 Å². The summed E-state index contributed by atoms with van der Waals surface area (Å²) in [7, 11) is 0. The molecule has 1 aliphatic rings. The van der Waals surface area contributed by atoms with E-state index in [9.17, 15) is 0 Å². The van der Waals surface area contributed by atoms with Crippen LogP contribution in [-0.2, 0) is 0 Å². The molecule has 3 heteroatoms. The Morgan fingerprint density at radius 1 is 1.41 bits per heavy atom. The molecule has 0 amide bonds. The van der Waals surface area contributed by atoms with Gasteiger partial charge in [0.25, 0.3) is 0 Å². The number of nitrogen functional groups attached to an aromatic ring is 1. The van der Waals surface area contributed by atoms with Gasteiger partial charge < -0.3 is 5.73 Å². The minimum absolute atomic E-state index is 0.162. The summed E-state index contributed by atoms with van der Waals surface area (Å²) in [5, 5.41) is 7.46. The number of thioether (sulfide) groups is 1. The standard InChI is InChI=1S/C14H20N2S/c1-10-8-12(6-7-13(10)14(15)16)17-9-11-4-2-3-5-11/h6-8,11H,2-5,9H2,1H3,(H3,15,16). The van der Waals surface area contributed by atoms with E-state index in [1.807, 2.05) is 24.8 Å². The fraction of sp³-hybridized carbons (Fsp3) is 0.500. The number of benzene rings is 1. The topological polar surface area (TPSA) is 49.9 Å². The predicted molar refractivity (Wildman–Crippen MR) is 74.9 cm³/mol. The summed E-state index contributed by atoms with van der Waals surface area (Å²) >= 11 is 1.94. The maximum atomic E-state index is 7.46. The number of hydrogen-bond donors (Lipinski definition) is 2. The van der Waals surface area contributed by atoms with Gasteiger partial charge in [-0.3, -0.25) is 5.41 Å². The lowest BCUT2D eigenvalue weighted by atomic mass is 10.1. The van der Waals surface area contributed by atoms with Crippen LogP contribution >= 0.6 is 11.8 Å². The molecule has 0 aliphatic heterocycles. The summed E-state index contributed by atoms with van der Waals surface area (Å²) in [5.41, 5.74) is 7.48. The Kier molecular flexibility index (Phi) is 4.11. The zero-order chi connectivity index (χ0) is 12.3. The van der Waals surface area contributed by atoms with E-state index < -0.39 is 0 Å². The summed E-state index contributed by atoms with van der Waals surface area (Å²) in [5.74, 6) is 2.31. The van der Waals surface area contributed by atoms with Gasteiger partial charge in [-0.05, 0) is 49.4 Å². The lowest BCUT2D eigenvalue weighted by Crippen LogP contribution is -2.12. The van der Waals surface area contributed by atoms with Crippen LogP contribution in [0, 0.1) is 18.3 Å². The molecule has 0 aromatic heterocycles. The van der Waals surface area contributed by atoms with Gasteiger partial charge in [0.15, 0.2) is 0 Å². The molecule has 1 aromatic carbocycles. The minimum atomic E-state index is 0.162. The van der Waals surface area contributed by atoms with E-state index in [0.717, 1.165) is 17.0 Å². The number of hydrogen-bond acceptors (Lipinski definition) is 2. The van der Waals surface area contributed by atoms with Gasteiger partial charge in [0.1, 0.15) is 5.84 Å². The molecular formula is C14H20N2S. The van der Waals surface area contributed by atoms with Gasteiger partial charge in [0, 0.05) is 16.2 Å². The molecule has 92 valence electrons. The third-order valence-electron chi connectivity index (χ3n) is 3.45. The second-order valence-electron chi connectivity index (χ2n) is 4.85. The van der Waals surface area contributed by atoms with Gasteiger partial charge in [-0.2, -0.15) is 0 Å². The SMILES string of the molecule is Cc1cc(SCC2CCCC2)ccc1C(=N)N. The summed E-state index contributed by atoms with van der Waals surface area (Å²) < 4.78 is 0. The van der Waals surface area contributed by atoms with E-state index in [0.29, 0.717) is 0 Å². The number of nitrogens with two attached hydrogens (primary N) is 1. The van der Waals surface area contributed by atoms with E-state index in [2.05, 4.69) is 12.1 Å². The molecule has 0 spiro atoms. The molecule has 2 rings (SSSR count). The molecule has 0 unspecified atom stereocenters. The Labute approximate surface area is 107 Å². The Bertz CT molecular complexity index is 409.